The number of halogens is 1. The van der Waals surface area contributed by atoms with E-state index in [1.807, 2.05) is 30.3 Å². The minimum atomic E-state index is -0.866. The zero-order valence-corrected chi connectivity index (χ0v) is 14.2. The van der Waals surface area contributed by atoms with Crippen LogP contribution in [0.25, 0.3) is 0 Å². The van der Waals surface area contributed by atoms with Crippen molar-refractivity contribution >= 4 is 6.09 Å². The molecule has 0 saturated carbocycles. The van der Waals surface area contributed by atoms with Gasteiger partial charge in [0.2, 0.25) is 0 Å². The van der Waals surface area contributed by atoms with Gasteiger partial charge in [0, 0.05) is 13.0 Å². The van der Waals surface area contributed by atoms with Crippen LogP contribution in [0.3, 0.4) is 0 Å². The van der Waals surface area contributed by atoms with Crippen LogP contribution in [0, 0.1) is 5.82 Å². The number of aliphatic hydroxyl groups is 1. The lowest BCUT2D eigenvalue weighted by molar-refractivity contribution is -0.0330. The Hall–Kier alpha value is -2.40. The molecule has 1 aliphatic rings. The number of ether oxygens (including phenoxy) is 1. The van der Waals surface area contributed by atoms with Crippen LogP contribution in [-0.4, -0.2) is 28.2 Å². The van der Waals surface area contributed by atoms with Gasteiger partial charge >= 0.3 is 6.09 Å². The molecular weight excluding hydrogens is 321 g/mol. The molecule has 3 rings (SSSR count). The van der Waals surface area contributed by atoms with Gasteiger partial charge < -0.3 is 14.7 Å². The molecule has 1 saturated heterocycles. The molecule has 0 aromatic heterocycles. The number of carbonyl (C=O) groups excluding carboxylic acids is 1. The van der Waals surface area contributed by atoms with Crippen LogP contribution in [-0.2, 0) is 11.3 Å². The fourth-order valence-corrected chi connectivity index (χ4v) is 3.15. The van der Waals surface area contributed by atoms with E-state index in [0.717, 1.165) is 11.1 Å². The summed E-state index contributed by atoms with van der Waals surface area (Å²) in [7, 11) is 0. The Labute approximate surface area is 146 Å². The highest BCUT2D eigenvalue weighted by Crippen LogP contribution is 2.36. The Kier molecular flexibility index (Phi) is 5.04. The molecule has 2 aromatic carbocycles. The number of piperidine rings is 1. The molecule has 5 heteroatoms. The van der Waals surface area contributed by atoms with Crippen molar-refractivity contribution in [2.45, 2.75) is 38.0 Å². The van der Waals surface area contributed by atoms with E-state index < -0.39 is 11.7 Å². The van der Waals surface area contributed by atoms with Crippen LogP contribution in [0.5, 0.6) is 0 Å². The van der Waals surface area contributed by atoms with Gasteiger partial charge in [0.25, 0.3) is 0 Å². The number of carbonyl (C=O) groups is 1. The number of likely N-dealkylation sites (tertiary alicyclic amines) is 1. The van der Waals surface area contributed by atoms with Crippen LogP contribution < -0.4 is 0 Å². The maximum Gasteiger partial charge on any atom is 0.410 e. The first-order chi connectivity index (χ1) is 11.9. The van der Waals surface area contributed by atoms with Gasteiger partial charge in [0.15, 0.2) is 0 Å². The molecule has 4 nitrogen and oxygen atoms in total. The zero-order chi connectivity index (χ0) is 17.9. The maximum atomic E-state index is 13.2. The molecular formula is C20H22FNO3. The van der Waals surface area contributed by atoms with Crippen LogP contribution in [0.1, 0.15) is 36.9 Å². The zero-order valence-electron chi connectivity index (χ0n) is 14.2. The van der Waals surface area contributed by atoms with Crippen molar-refractivity contribution in [1.29, 1.82) is 0 Å². The number of benzene rings is 2. The molecule has 0 aliphatic carbocycles. The Balaban J connectivity index is 1.74. The van der Waals surface area contributed by atoms with Crippen molar-refractivity contribution in [3.63, 3.8) is 0 Å². The lowest BCUT2D eigenvalue weighted by Gasteiger charge is -2.42. The summed E-state index contributed by atoms with van der Waals surface area (Å²) in [6, 6.07) is 15.2. The maximum absolute atomic E-state index is 13.2. The van der Waals surface area contributed by atoms with Crippen LogP contribution in [0.2, 0.25) is 0 Å². The SMILES string of the molecule is C[C@@]1(O)CCN(C(=O)OCc2ccccc2)C(c2ccc(F)cc2)C1. The normalized spacial score (nSPS) is 23.3. The smallest absolute Gasteiger partial charge is 0.410 e. The first kappa shape index (κ1) is 17.4. The predicted octanol–water partition coefficient (Wildman–Crippen LogP) is 4.05. The lowest BCUT2D eigenvalue weighted by atomic mass is 9.85. The van der Waals surface area contributed by atoms with Crippen LogP contribution in [0.15, 0.2) is 54.6 Å². The molecule has 1 aliphatic heterocycles. The molecule has 2 atom stereocenters. The van der Waals surface area contributed by atoms with Crippen molar-refractivity contribution in [2.24, 2.45) is 0 Å². The number of hydrogen-bond acceptors (Lipinski definition) is 3. The van der Waals surface area contributed by atoms with Gasteiger partial charge in [-0.15, -0.1) is 0 Å². The Morgan fingerprint density at radius 3 is 2.60 bits per heavy atom. The summed E-state index contributed by atoms with van der Waals surface area (Å²) in [5.74, 6) is -0.329. The van der Waals surface area contributed by atoms with Crippen LogP contribution in [0.4, 0.5) is 9.18 Å². The summed E-state index contributed by atoms with van der Waals surface area (Å²) in [6.45, 7) is 2.35. The standard InChI is InChI=1S/C20H22FNO3/c1-20(24)11-12-22(18(13-20)16-7-9-17(21)10-8-16)19(23)25-14-15-5-3-2-4-6-15/h2-10,18,24H,11-14H2,1H3/t18?,20-/m1/s1. The highest BCUT2D eigenvalue weighted by molar-refractivity contribution is 5.68. The van der Waals surface area contributed by atoms with Crippen LogP contribution >= 0.6 is 0 Å². The molecule has 25 heavy (non-hydrogen) atoms. The molecule has 2 aromatic rings. The topological polar surface area (TPSA) is 49.8 Å². The lowest BCUT2D eigenvalue weighted by Crippen LogP contribution is -2.47. The first-order valence-electron chi connectivity index (χ1n) is 8.40. The van der Waals surface area contributed by atoms with Gasteiger partial charge in [0.1, 0.15) is 12.4 Å². The molecule has 1 unspecified atom stereocenters. The van der Waals surface area contributed by atoms with E-state index in [1.165, 1.54) is 12.1 Å². The highest BCUT2D eigenvalue weighted by atomic mass is 19.1. The molecule has 1 N–H and O–H groups in total. The van der Waals surface area contributed by atoms with Crippen molar-refractivity contribution in [3.05, 3.63) is 71.5 Å². The van der Waals surface area contributed by atoms with E-state index in [1.54, 1.807) is 24.0 Å². The predicted molar refractivity (Wildman–Crippen MR) is 92.3 cm³/mol. The number of hydrogen-bond donors (Lipinski definition) is 1. The second kappa shape index (κ2) is 7.23. The molecule has 1 fully saturated rings. The summed E-state index contributed by atoms with van der Waals surface area (Å²) in [5, 5.41) is 10.4. The van der Waals surface area contributed by atoms with E-state index in [2.05, 4.69) is 0 Å². The summed E-state index contributed by atoms with van der Waals surface area (Å²) < 4.78 is 18.7. The van der Waals surface area contributed by atoms with Crippen molar-refractivity contribution in [1.82, 2.24) is 4.90 Å². The third-order valence-electron chi connectivity index (χ3n) is 4.60. The molecule has 0 bridgehead atoms. The third-order valence-corrected chi connectivity index (χ3v) is 4.60. The first-order valence-corrected chi connectivity index (χ1v) is 8.40. The quantitative estimate of drug-likeness (QED) is 0.915. The average molecular weight is 343 g/mol. The fourth-order valence-electron chi connectivity index (χ4n) is 3.15. The minimum Gasteiger partial charge on any atom is -0.445 e. The number of rotatable bonds is 3. The number of amides is 1. The van der Waals surface area contributed by atoms with Gasteiger partial charge in [-0.05, 0) is 36.6 Å². The van der Waals surface area contributed by atoms with Crippen molar-refractivity contribution < 1.29 is 19.0 Å². The molecule has 0 spiro atoms. The molecule has 1 heterocycles. The summed E-state index contributed by atoms with van der Waals surface area (Å²) in [5.41, 5.74) is 0.839. The van der Waals surface area contributed by atoms with Crippen molar-refractivity contribution in [3.8, 4) is 0 Å². The van der Waals surface area contributed by atoms with Gasteiger partial charge in [-0.3, -0.25) is 0 Å². The third kappa shape index (κ3) is 4.37. The minimum absolute atomic E-state index is 0.197. The van der Waals surface area contributed by atoms with Gasteiger partial charge in [0.05, 0.1) is 11.6 Å². The van der Waals surface area contributed by atoms with Gasteiger partial charge in [-0.25, -0.2) is 9.18 Å². The summed E-state index contributed by atoms with van der Waals surface area (Å²) >= 11 is 0. The molecule has 0 radical (unpaired) electrons. The van der Waals surface area contributed by atoms with E-state index in [4.69, 9.17) is 4.74 Å². The Bertz CT molecular complexity index is 715. The van der Waals surface area contributed by atoms with Gasteiger partial charge in [-0.2, -0.15) is 0 Å². The second-order valence-electron chi connectivity index (χ2n) is 6.75. The van der Waals surface area contributed by atoms with Gasteiger partial charge in [-0.1, -0.05) is 42.5 Å². The summed E-state index contributed by atoms with van der Waals surface area (Å²) in [6.07, 6.45) is 0.443. The fraction of sp³-hybridized carbons (Fsp3) is 0.350. The number of nitrogens with zero attached hydrogens (tertiary/aromatic N) is 1. The Morgan fingerprint density at radius 1 is 1.24 bits per heavy atom. The second-order valence-corrected chi connectivity index (χ2v) is 6.75. The van der Waals surface area contributed by atoms with Crippen molar-refractivity contribution in [2.75, 3.05) is 6.54 Å². The van der Waals surface area contributed by atoms with E-state index >= 15 is 0 Å². The largest absolute Gasteiger partial charge is 0.445 e. The van der Waals surface area contributed by atoms with E-state index in [-0.39, 0.29) is 18.5 Å². The summed E-state index contributed by atoms with van der Waals surface area (Å²) in [4.78, 5) is 14.2. The molecule has 1 amide bonds. The highest BCUT2D eigenvalue weighted by Gasteiger charge is 2.38. The monoisotopic (exact) mass is 343 g/mol. The average Bonchev–Trinajstić information content (AvgIpc) is 2.60. The van der Waals surface area contributed by atoms with E-state index in [0.29, 0.717) is 19.4 Å². The Morgan fingerprint density at radius 2 is 1.92 bits per heavy atom. The van der Waals surface area contributed by atoms with E-state index in [9.17, 15) is 14.3 Å². The molecule has 132 valence electrons.